The van der Waals surface area contributed by atoms with E-state index in [1.165, 1.54) is 12.4 Å². The van der Waals surface area contributed by atoms with Gasteiger partial charge < -0.3 is 29.9 Å². The summed E-state index contributed by atoms with van der Waals surface area (Å²) < 4.78 is 11.8. The largest absolute Gasteiger partial charge is 0.494 e. The Labute approximate surface area is 270 Å². The summed E-state index contributed by atoms with van der Waals surface area (Å²) in [5.41, 5.74) is 4.22. The molecule has 1 amide bonds. The van der Waals surface area contributed by atoms with Crippen molar-refractivity contribution in [3.05, 3.63) is 103 Å². The predicted octanol–water partition coefficient (Wildman–Crippen LogP) is 5.81. The van der Waals surface area contributed by atoms with Gasteiger partial charge in [-0.2, -0.15) is 0 Å². The van der Waals surface area contributed by atoms with Crippen molar-refractivity contribution in [3.8, 4) is 11.5 Å². The quantitative estimate of drug-likeness (QED) is 0.167. The first-order chi connectivity index (χ1) is 22.3. The summed E-state index contributed by atoms with van der Waals surface area (Å²) in [5, 5.41) is 8.10. The van der Waals surface area contributed by atoms with Crippen molar-refractivity contribution in [3.63, 3.8) is 0 Å². The molecule has 0 radical (unpaired) electrons. The van der Waals surface area contributed by atoms with Crippen LogP contribution in [0.5, 0.6) is 11.5 Å². The van der Waals surface area contributed by atoms with Crippen molar-refractivity contribution in [2.24, 2.45) is 0 Å². The second kappa shape index (κ2) is 15.2. The lowest BCUT2D eigenvalue weighted by molar-refractivity contribution is -0.111. The molecule has 11 nitrogen and oxygen atoms in total. The number of aromatic nitrogens is 2. The molecule has 4 aromatic rings. The van der Waals surface area contributed by atoms with Gasteiger partial charge in [-0.3, -0.25) is 9.63 Å². The Morgan fingerprint density at radius 2 is 1.87 bits per heavy atom. The maximum atomic E-state index is 12.4. The zero-order chi connectivity index (χ0) is 32.5. The molecule has 2 N–H and O–H groups in total. The van der Waals surface area contributed by atoms with E-state index in [1.807, 2.05) is 86.9 Å². The molecule has 5 rings (SSSR count). The first-order valence-electron chi connectivity index (χ1n) is 15.1. The molecule has 0 saturated carbocycles. The Kier molecular flexibility index (Phi) is 10.7. The van der Waals surface area contributed by atoms with Gasteiger partial charge in [-0.05, 0) is 49.5 Å². The minimum Gasteiger partial charge on any atom is -0.494 e. The van der Waals surface area contributed by atoms with E-state index in [0.29, 0.717) is 42.0 Å². The third-order valence-electron chi connectivity index (χ3n) is 7.59. The monoisotopic (exact) mass is 623 g/mol. The minimum absolute atomic E-state index is 0.0599. The van der Waals surface area contributed by atoms with E-state index in [-0.39, 0.29) is 11.9 Å². The number of carbonyl (C=O) groups excluding carboxylic acids is 1. The smallest absolute Gasteiger partial charge is 0.247 e. The van der Waals surface area contributed by atoms with Gasteiger partial charge in [0.1, 0.15) is 30.3 Å². The van der Waals surface area contributed by atoms with Crippen LogP contribution in [0.15, 0.2) is 91.8 Å². The van der Waals surface area contributed by atoms with E-state index in [0.717, 1.165) is 42.1 Å². The van der Waals surface area contributed by atoms with Crippen molar-refractivity contribution in [2.45, 2.75) is 19.1 Å². The molecule has 0 spiro atoms. The summed E-state index contributed by atoms with van der Waals surface area (Å²) in [6.07, 6.45) is 3.53. The molecular weight excluding hydrogens is 582 g/mol. The fourth-order valence-corrected chi connectivity index (χ4v) is 5.13. The van der Waals surface area contributed by atoms with E-state index in [9.17, 15) is 4.79 Å². The number of nitrogens with zero attached hydrogens (tertiary/aromatic N) is 5. The van der Waals surface area contributed by atoms with E-state index < -0.39 is 0 Å². The van der Waals surface area contributed by atoms with Crippen LogP contribution in [0.3, 0.4) is 0 Å². The number of methoxy groups -OCH3 is 1. The minimum atomic E-state index is -0.311. The third kappa shape index (κ3) is 8.12. The molecule has 0 unspecified atom stereocenters. The summed E-state index contributed by atoms with van der Waals surface area (Å²) in [6.45, 7) is 6.23. The van der Waals surface area contributed by atoms with Gasteiger partial charge in [0, 0.05) is 38.7 Å². The van der Waals surface area contributed by atoms with E-state index in [4.69, 9.17) is 14.3 Å². The highest BCUT2D eigenvalue weighted by atomic mass is 16.7. The first kappa shape index (κ1) is 32.3. The van der Waals surface area contributed by atoms with Gasteiger partial charge >= 0.3 is 0 Å². The topological polar surface area (TPSA) is 104 Å². The number of nitrogens with one attached hydrogen (secondary N) is 2. The molecule has 1 fully saturated rings. The van der Waals surface area contributed by atoms with Gasteiger partial charge in [-0.15, -0.1) is 0 Å². The highest BCUT2D eigenvalue weighted by Gasteiger charge is 2.29. The summed E-state index contributed by atoms with van der Waals surface area (Å²) in [4.78, 5) is 31.6. The van der Waals surface area contributed by atoms with Gasteiger partial charge in [-0.1, -0.05) is 49.0 Å². The Morgan fingerprint density at radius 3 is 2.63 bits per heavy atom. The lowest BCUT2D eigenvalue weighted by Crippen LogP contribution is -2.29. The van der Waals surface area contributed by atoms with E-state index in [2.05, 4.69) is 49.1 Å². The molecule has 2 heterocycles. The van der Waals surface area contributed by atoms with Crippen molar-refractivity contribution in [1.29, 1.82) is 0 Å². The molecule has 240 valence electrons. The van der Waals surface area contributed by atoms with Gasteiger partial charge in [0.05, 0.1) is 36.8 Å². The summed E-state index contributed by atoms with van der Waals surface area (Å²) in [6, 6.07) is 23.7. The van der Waals surface area contributed by atoms with Gasteiger partial charge in [0.2, 0.25) is 5.91 Å². The molecular formula is C35H41N7O4. The lowest BCUT2D eigenvalue weighted by atomic mass is 10.0. The lowest BCUT2D eigenvalue weighted by Gasteiger charge is -2.26. The normalized spacial score (nSPS) is 14.2. The fourth-order valence-electron chi connectivity index (χ4n) is 5.13. The molecule has 46 heavy (non-hydrogen) atoms. The molecule has 1 aliphatic heterocycles. The molecule has 3 aromatic carbocycles. The van der Waals surface area contributed by atoms with Crippen LogP contribution in [-0.2, 0) is 16.2 Å². The van der Waals surface area contributed by atoms with Gasteiger partial charge in [0.25, 0.3) is 0 Å². The number of hydrogen-bond donors (Lipinski definition) is 2. The van der Waals surface area contributed by atoms with Crippen molar-refractivity contribution in [2.75, 3.05) is 68.5 Å². The average Bonchev–Trinajstić information content (AvgIpc) is 3.57. The van der Waals surface area contributed by atoms with Gasteiger partial charge in [0.15, 0.2) is 5.82 Å². The number of ether oxygens (including phenoxy) is 2. The average molecular weight is 624 g/mol. The molecule has 1 saturated heterocycles. The standard InChI is InChI=1S/C35H41N7O4/c1-6-35(43)39-28-20-29(32(44-5)21-31(28)41(4)17-16-40(2)3)38-33-22-34(37-24-36-33)42-30(15-18-46-42)26-13-10-14-27(19-26)45-23-25-11-8-7-9-12-25/h6-14,19-22,24,30H,1,15-18,23H2,2-5H3,(H,39,43)(H,36,37,38)/t30-/m1/s1. The summed E-state index contributed by atoms with van der Waals surface area (Å²) >= 11 is 0. The fraction of sp³-hybridized carbons (Fsp3) is 0.286. The molecule has 1 aromatic heterocycles. The number of hydrogen-bond acceptors (Lipinski definition) is 10. The Hall–Kier alpha value is -5.13. The SMILES string of the molecule is C=CC(=O)Nc1cc(Nc2cc(N3OCC[C@@H]3c3cccc(OCc4ccccc4)c3)ncn2)c(OC)cc1N(C)CCN(C)C. The van der Waals surface area contributed by atoms with Crippen LogP contribution in [0.1, 0.15) is 23.6 Å². The number of likely N-dealkylation sites (N-methyl/N-ethyl adjacent to an activating group) is 2. The van der Waals surface area contributed by atoms with Crippen LogP contribution in [-0.4, -0.2) is 68.7 Å². The van der Waals surface area contributed by atoms with Crippen LogP contribution in [0.4, 0.5) is 28.7 Å². The second-order valence-corrected chi connectivity index (χ2v) is 11.2. The third-order valence-corrected chi connectivity index (χ3v) is 7.59. The highest BCUT2D eigenvalue weighted by molar-refractivity contribution is 6.02. The van der Waals surface area contributed by atoms with Crippen molar-refractivity contribution in [1.82, 2.24) is 14.9 Å². The first-order valence-corrected chi connectivity index (χ1v) is 15.1. The summed E-state index contributed by atoms with van der Waals surface area (Å²) in [5.74, 6) is 2.21. The number of carbonyl (C=O) groups is 1. The van der Waals surface area contributed by atoms with E-state index >= 15 is 0 Å². The maximum Gasteiger partial charge on any atom is 0.247 e. The van der Waals surface area contributed by atoms with Gasteiger partial charge in [-0.25, -0.2) is 15.0 Å². The number of hydroxylamine groups is 1. The molecule has 0 bridgehead atoms. The number of benzene rings is 3. The zero-order valence-electron chi connectivity index (χ0n) is 26.8. The summed E-state index contributed by atoms with van der Waals surface area (Å²) in [7, 11) is 7.62. The number of amides is 1. The maximum absolute atomic E-state index is 12.4. The van der Waals surface area contributed by atoms with Crippen molar-refractivity contribution < 1.29 is 19.1 Å². The Morgan fingerprint density at radius 1 is 1.04 bits per heavy atom. The van der Waals surface area contributed by atoms with Crippen LogP contribution >= 0.6 is 0 Å². The molecule has 0 aliphatic carbocycles. The molecule has 11 heteroatoms. The molecule has 1 aliphatic rings. The van der Waals surface area contributed by atoms with E-state index in [1.54, 1.807) is 7.11 Å². The predicted molar refractivity (Wildman–Crippen MR) is 182 cm³/mol. The number of anilines is 5. The Bertz CT molecular complexity index is 1630. The van der Waals surface area contributed by atoms with Crippen LogP contribution < -0.4 is 30.1 Å². The van der Waals surface area contributed by atoms with Crippen molar-refractivity contribution >= 4 is 34.6 Å². The van der Waals surface area contributed by atoms with Crippen LogP contribution in [0, 0.1) is 0 Å². The number of rotatable bonds is 14. The highest BCUT2D eigenvalue weighted by Crippen LogP contribution is 2.39. The Balaban J connectivity index is 1.37. The zero-order valence-corrected chi connectivity index (χ0v) is 26.8. The second-order valence-electron chi connectivity index (χ2n) is 11.2. The van der Waals surface area contributed by atoms with Crippen LogP contribution in [0.25, 0.3) is 0 Å². The molecule has 1 atom stereocenters. The van der Waals surface area contributed by atoms with Crippen LogP contribution in [0.2, 0.25) is 0 Å².